The quantitative estimate of drug-likeness (QED) is 0.573. The van der Waals surface area contributed by atoms with Gasteiger partial charge in [-0.15, -0.1) is 0 Å². The van der Waals surface area contributed by atoms with Gasteiger partial charge in [-0.3, -0.25) is 4.79 Å². The van der Waals surface area contributed by atoms with Crippen LogP contribution in [0.4, 0.5) is 23.4 Å². The minimum Gasteiger partial charge on any atom is -0.367 e. The highest BCUT2D eigenvalue weighted by Crippen LogP contribution is 2.31. The Kier molecular flexibility index (Phi) is 5.75. The third-order valence-electron chi connectivity index (χ3n) is 5.37. The van der Waals surface area contributed by atoms with Crippen LogP contribution in [0, 0.1) is 5.82 Å². The summed E-state index contributed by atoms with van der Waals surface area (Å²) in [7, 11) is 0. The predicted molar refractivity (Wildman–Crippen MR) is 108 cm³/mol. The summed E-state index contributed by atoms with van der Waals surface area (Å²) in [6.45, 7) is 0. The Labute approximate surface area is 175 Å². The summed E-state index contributed by atoms with van der Waals surface area (Å²) in [5, 5.41) is 6.61. The number of nitrogens with zero attached hydrogens (tertiary/aromatic N) is 2. The molecular formula is C22H20F4N4O. The normalized spacial score (nSPS) is 19.2. The van der Waals surface area contributed by atoms with Gasteiger partial charge in [-0.05, 0) is 62.1 Å². The molecule has 4 rings (SSSR count). The van der Waals surface area contributed by atoms with E-state index >= 15 is 0 Å². The molecule has 1 saturated carbocycles. The standard InChI is InChI=1S/C22H20F4N4O/c23-14-7-5-13(6-8-14)20(31)28-16-11-9-15(10-12-16)27-19-17-3-1-2-4-18(17)29-21(30-19)22(24,25)26/h1-8,15-16H,9-12H2,(H,28,31)(H,27,29,30). The van der Waals surface area contributed by atoms with Crippen LogP contribution < -0.4 is 10.6 Å². The molecule has 1 heterocycles. The van der Waals surface area contributed by atoms with Gasteiger partial charge in [0.05, 0.1) is 5.52 Å². The minimum absolute atomic E-state index is 0.0523. The first-order valence-electron chi connectivity index (χ1n) is 9.96. The Morgan fingerprint density at radius 2 is 1.55 bits per heavy atom. The fourth-order valence-corrected chi connectivity index (χ4v) is 3.76. The fourth-order valence-electron chi connectivity index (χ4n) is 3.76. The number of rotatable bonds is 4. The summed E-state index contributed by atoms with van der Waals surface area (Å²) in [5.41, 5.74) is 0.612. The molecule has 0 bridgehead atoms. The van der Waals surface area contributed by atoms with Crippen LogP contribution >= 0.6 is 0 Å². The van der Waals surface area contributed by atoms with Crippen LogP contribution in [-0.2, 0) is 6.18 Å². The summed E-state index contributed by atoms with van der Waals surface area (Å²) >= 11 is 0. The molecule has 3 aromatic rings. The van der Waals surface area contributed by atoms with Crippen molar-refractivity contribution in [1.29, 1.82) is 0 Å². The molecule has 0 atom stereocenters. The number of amides is 1. The van der Waals surface area contributed by atoms with Crippen LogP contribution in [0.3, 0.4) is 0 Å². The van der Waals surface area contributed by atoms with Crippen molar-refractivity contribution in [2.75, 3.05) is 5.32 Å². The second kappa shape index (κ2) is 8.49. The molecule has 9 heteroatoms. The largest absolute Gasteiger partial charge is 0.451 e. The van der Waals surface area contributed by atoms with Crippen molar-refractivity contribution in [3.8, 4) is 0 Å². The van der Waals surface area contributed by atoms with Gasteiger partial charge in [0.2, 0.25) is 5.82 Å². The Bertz CT molecular complexity index is 1080. The van der Waals surface area contributed by atoms with E-state index < -0.39 is 17.8 Å². The van der Waals surface area contributed by atoms with Crippen LogP contribution in [-0.4, -0.2) is 28.0 Å². The molecule has 0 unspecified atom stereocenters. The SMILES string of the molecule is O=C(NC1CCC(Nc2nc(C(F)(F)F)nc3ccccc23)CC1)c1ccc(F)cc1. The smallest absolute Gasteiger partial charge is 0.367 e. The van der Waals surface area contributed by atoms with Gasteiger partial charge in [-0.2, -0.15) is 13.2 Å². The molecule has 2 aromatic carbocycles. The van der Waals surface area contributed by atoms with E-state index in [1.165, 1.54) is 30.3 Å². The summed E-state index contributed by atoms with van der Waals surface area (Å²) < 4.78 is 52.6. The maximum atomic E-state index is 13.2. The zero-order valence-electron chi connectivity index (χ0n) is 16.4. The first-order valence-corrected chi connectivity index (χ1v) is 9.96. The van der Waals surface area contributed by atoms with Gasteiger partial charge < -0.3 is 10.6 Å². The van der Waals surface area contributed by atoms with Crippen molar-refractivity contribution in [3.63, 3.8) is 0 Å². The average Bonchev–Trinajstić information content (AvgIpc) is 2.75. The Balaban J connectivity index is 1.41. The molecule has 162 valence electrons. The number of alkyl halides is 3. The van der Waals surface area contributed by atoms with Crippen LogP contribution in [0.1, 0.15) is 41.9 Å². The molecule has 5 nitrogen and oxygen atoms in total. The van der Waals surface area contributed by atoms with Crippen molar-refractivity contribution in [2.24, 2.45) is 0 Å². The molecule has 0 aliphatic heterocycles. The second-order valence-corrected chi connectivity index (χ2v) is 7.58. The molecule has 2 N–H and O–H groups in total. The number of carbonyl (C=O) groups is 1. The number of benzene rings is 2. The highest BCUT2D eigenvalue weighted by atomic mass is 19.4. The van der Waals surface area contributed by atoms with Gasteiger partial charge in [-0.25, -0.2) is 14.4 Å². The van der Waals surface area contributed by atoms with Crippen LogP contribution in [0.5, 0.6) is 0 Å². The van der Waals surface area contributed by atoms with E-state index in [1.54, 1.807) is 18.2 Å². The van der Waals surface area contributed by atoms with Crippen LogP contribution in [0.25, 0.3) is 10.9 Å². The highest BCUT2D eigenvalue weighted by Gasteiger charge is 2.36. The first-order chi connectivity index (χ1) is 14.8. The molecule has 1 aliphatic rings. The van der Waals surface area contributed by atoms with Crippen molar-refractivity contribution >= 4 is 22.6 Å². The van der Waals surface area contributed by atoms with E-state index in [9.17, 15) is 22.4 Å². The predicted octanol–water partition coefficient (Wildman–Crippen LogP) is 4.94. The summed E-state index contributed by atoms with van der Waals surface area (Å²) in [4.78, 5) is 19.7. The lowest BCUT2D eigenvalue weighted by atomic mass is 9.91. The fraction of sp³-hybridized carbons (Fsp3) is 0.318. The van der Waals surface area contributed by atoms with E-state index in [-0.39, 0.29) is 29.3 Å². The molecule has 1 aliphatic carbocycles. The molecular weight excluding hydrogens is 412 g/mol. The molecule has 0 saturated heterocycles. The number of nitrogens with one attached hydrogen (secondary N) is 2. The first kappa shape index (κ1) is 21.0. The third kappa shape index (κ3) is 4.92. The van der Waals surface area contributed by atoms with Gasteiger partial charge in [-0.1, -0.05) is 12.1 Å². The third-order valence-corrected chi connectivity index (χ3v) is 5.37. The molecule has 1 amide bonds. The van der Waals surface area contributed by atoms with Crippen LogP contribution in [0.15, 0.2) is 48.5 Å². The van der Waals surface area contributed by atoms with Crippen molar-refractivity contribution in [1.82, 2.24) is 15.3 Å². The molecule has 0 radical (unpaired) electrons. The number of hydrogen-bond donors (Lipinski definition) is 2. The topological polar surface area (TPSA) is 66.9 Å². The van der Waals surface area contributed by atoms with E-state index in [4.69, 9.17) is 0 Å². The highest BCUT2D eigenvalue weighted by molar-refractivity contribution is 5.94. The number of carbonyl (C=O) groups excluding carboxylic acids is 1. The Morgan fingerprint density at radius 3 is 2.23 bits per heavy atom. The van der Waals surface area contributed by atoms with E-state index in [2.05, 4.69) is 20.6 Å². The Hall–Kier alpha value is -3.23. The van der Waals surface area contributed by atoms with Gasteiger partial charge in [0, 0.05) is 23.0 Å². The van der Waals surface area contributed by atoms with E-state index in [0.717, 1.165) is 0 Å². The minimum atomic E-state index is -4.64. The van der Waals surface area contributed by atoms with Crippen molar-refractivity contribution in [3.05, 3.63) is 65.7 Å². The van der Waals surface area contributed by atoms with Gasteiger partial charge in [0.25, 0.3) is 5.91 Å². The van der Waals surface area contributed by atoms with Gasteiger partial charge in [0.1, 0.15) is 11.6 Å². The number of fused-ring (bicyclic) bond motifs is 1. The lowest BCUT2D eigenvalue weighted by Crippen LogP contribution is -2.40. The zero-order chi connectivity index (χ0) is 22.0. The van der Waals surface area contributed by atoms with E-state index in [1.807, 2.05) is 0 Å². The van der Waals surface area contributed by atoms with Crippen LogP contribution in [0.2, 0.25) is 0 Å². The molecule has 1 aromatic heterocycles. The monoisotopic (exact) mass is 432 g/mol. The van der Waals surface area contributed by atoms with E-state index in [0.29, 0.717) is 36.6 Å². The zero-order valence-corrected chi connectivity index (χ0v) is 16.4. The second-order valence-electron chi connectivity index (χ2n) is 7.58. The Morgan fingerprint density at radius 1 is 0.903 bits per heavy atom. The molecule has 1 fully saturated rings. The number of aromatic nitrogens is 2. The van der Waals surface area contributed by atoms with Crippen molar-refractivity contribution < 1.29 is 22.4 Å². The molecule has 0 spiro atoms. The number of para-hydroxylation sites is 1. The average molecular weight is 432 g/mol. The maximum Gasteiger partial charge on any atom is 0.451 e. The summed E-state index contributed by atoms with van der Waals surface area (Å²) in [6.07, 6.45) is -1.98. The van der Waals surface area contributed by atoms with Gasteiger partial charge in [0.15, 0.2) is 0 Å². The number of anilines is 1. The number of halogens is 4. The lowest BCUT2D eigenvalue weighted by molar-refractivity contribution is -0.144. The number of hydrogen-bond acceptors (Lipinski definition) is 4. The lowest BCUT2D eigenvalue weighted by Gasteiger charge is -2.30. The molecule has 31 heavy (non-hydrogen) atoms. The van der Waals surface area contributed by atoms with Crippen molar-refractivity contribution in [2.45, 2.75) is 43.9 Å². The summed E-state index contributed by atoms with van der Waals surface area (Å²) in [6, 6.07) is 11.8. The van der Waals surface area contributed by atoms with Gasteiger partial charge >= 0.3 is 6.18 Å². The summed E-state index contributed by atoms with van der Waals surface area (Å²) in [5.74, 6) is -1.69. The maximum absolute atomic E-state index is 13.2.